The first-order valence-corrected chi connectivity index (χ1v) is 13.5. The van der Waals surface area contributed by atoms with E-state index in [9.17, 15) is 0 Å². The van der Waals surface area contributed by atoms with Crippen molar-refractivity contribution in [1.82, 2.24) is 20.2 Å². The minimum absolute atomic E-state index is 0.486. The Labute approximate surface area is 214 Å². The molecule has 0 unspecified atom stereocenters. The monoisotopic (exact) mass is 492 g/mol. The van der Waals surface area contributed by atoms with E-state index < -0.39 is 0 Å². The molecule has 0 radical (unpaired) electrons. The summed E-state index contributed by atoms with van der Waals surface area (Å²) in [5, 5.41) is 11.4. The van der Waals surface area contributed by atoms with Crippen molar-refractivity contribution in [3.8, 4) is 6.01 Å². The van der Waals surface area contributed by atoms with E-state index in [1.54, 1.807) is 0 Å². The fourth-order valence-corrected chi connectivity index (χ4v) is 5.72. The lowest BCUT2D eigenvalue weighted by Crippen LogP contribution is -2.45. The maximum Gasteiger partial charge on any atom is 0.318 e. The summed E-state index contributed by atoms with van der Waals surface area (Å²) in [5.41, 5.74) is 12.1. The van der Waals surface area contributed by atoms with Gasteiger partial charge in [-0.15, -0.1) is 0 Å². The van der Waals surface area contributed by atoms with Crippen molar-refractivity contribution in [2.24, 2.45) is 0 Å². The van der Waals surface area contributed by atoms with E-state index in [4.69, 9.17) is 25.8 Å². The quantitative estimate of drug-likeness (QED) is 0.293. The van der Waals surface area contributed by atoms with Crippen molar-refractivity contribution < 1.29 is 4.74 Å². The second kappa shape index (κ2) is 11.4. The van der Waals surface area contributed by atoms with Gasteiger partial charge in [0.15, 0.2) is 0 Å². The number of nitrogen functional groups attached to an aromatic ring is 1. The molecule has 9 nitrogen and oxygen atoms in total. The van der Waals surface area contributed by atoms with Crippen LogP contribution in [0.25, 0.3) is 0 Å². The third kappa shape index (κ3) is 5.42. The highest BCUT2D eigenvalue weighted by molar-refractivity contribution is 5.94. The van der Waals surface area contributed by atoms with Gasteiger partial charge >= 0.3 is 6.01 Å². The molecule has 2 fully saturated rings. The van der Waals surface area contributed by atoms with Gasteiger partial charge in [-0.2, -0.15) is 9.97 Å². The van der Waals surface area contributed by atoms with E-state index in [0.717, 1.165) is 80.4 Å². The molecule has 1 aromatic carbocycles. The van der Waals surface area contributed by atoms with Gasteiger partial charge in [0.25, 0.3) is 0 Å². The number of hydrogen-bond donors (Lipinski definition) is 3. The zero-order valence-corrected chi connectivity index (χ0v) is 21.6. The number of aryl methyl sites for hydroxylation is 1. The molecule has 3 aliphatic rings. The molecule has 0 bridgehead atoms. The number of ether oxygens (including phenoxy) is 1. The van der Waals surface area contributed by atoms with Gasteiger partial charge in [0, 0.05) is 62.3 Å². The van der Waals surface area contributed by atoms with Crippen LogP contribution in [0, 0.1) is 12.3 Å². The first-order valence-electron chi connectivity index (χ1n) is 13.5. The van der Waals surface area contributed by atoms with Crippen molar-refractivity contribution in [3.05, 3.63) is 34.5 Å². The van der Waals surface area contributed by atoms with E-state index in [-0.39, 0.29) is 0 Å². The Kier molecular flexibility index (Phi) is 7.87. The van der Waals surface area contributed by atoms with Gasteiger partial charge in [0.2, 0.25) is 0 Å². The molecule has 3 aliphatic heterocycles. The van der Waals surface area contributed by atoms with Crippen LogP contribution in [0.5, 0.6) is 6.01 Å². The molecule has 2 aromatic rings. The average Bonchev–Trinajstić information content (AvgIpc) is 2.92. The van der Waals surface area contributed by atoms with E-state index in [1.165, 1.54) is 44.1 Å². The summed E-state index contributed by atoms with van der Waals surface area (Å²) in [7, 11) is 0. The zero-order chi connectivity index (χ0) is 24.9. The molecule has 194 valence electrons. The van der Waals surface area contributed by atoms with Crippen LogP contribution in [-0.2, 0) is 13.0 Å². The van der Waals surface area contributed by atoms with Crippen LogP contribution in [0.4, 0.5) is 17.2 Å². The standard InChI is InChI=1S/C27H40N8O/c1-20-6-7-23(29)22(18-28)25(20)35-14-8-21-24(19-35)31-27(32-26(21)34-15-9-30-10-16-34)36-17-5-13-33-11-3-2-4-12-33/h6-7,18,28,30H,2-5,8-17,19,29H2,1H3. The molecule has 4 heterocycles. The SMILES string of the molecule is Cc1ccc(N)c(C=N)c1N1CCc2c(nc(OCCCN3CCCCC3)nc2N2CCNCC2)C1. The maximum absolute atomic E-state index is 7.96. The zero-order valence-electron chi connectivity index (χ0n) is 21.6. The van der Waals surface area contributed by atoms with Crippen molar-refractivity contribution >= 4 is 23.4 Å². The fraction of sp³-hybridized carbons (Fsp3) is 0.593. The number of fused-ring (bicyclic) bond motifs is 1. The lowest BCUT2D eigenvalue weighted by Gasteiger charge is -2.36. The summed E-state index contributed by atoms with van der Waals surface area (Å²) in [6, 6.07) is 4.41. The first kappa shape index (κ1) is 24.8. The minimum Gasteiger partial charge on any atom is -0.463 e. The highest BCUT2D eigenvalue weighted by Gasteiger charge is 2.28. The molecular formula is C27H40N8O. The second-order valence-corrected chi connectivity index (χ2v) is 10.1. The largest absolute Gasteiger partial charge is 0.463 e. The third-order valence-electron chi connectivity index (χ3n) is 7.65. The van der Waals surface area contributed by atoms with Gasteiger partial charge in [0.05, 0.1) is 24.5 Å². The number of hydrogen-bond acceptors (Lipinski definition) is 9. The smallest absolute Gasteiger partial charge is 0.318 e. The molecule has 0 spiro atoms. The molecule has 5 rings (SSSR count). The number of aromatic nitrogens is 2. The summed E-state index contributed by atoms with van der Waals surface area (Å²) < 4.78 is 6.16. The summed E-state index contributed by atoms with van der Waals surface area (Å²) >= 11 is 0. The van der Waals surface area contributed by atoms with Crippen LogP contribution in [-0.4, -0.2) is 80.0 Å². The molecule has 2 saturated heterocycles. The van der Waals surface area contributed by atoms with Crippen LogP contribution >= 0.6 is 0 Å². The average molecular weight is 493 g/mol. The molecular weight excluding hydrogens is 452 g/mol. The van der Waals surface area contributed by atoms with Crippen LogP contribution < -0.4 is 25.6 Å². The van der Waals surface area contributed by atoms with Gasteiger partial charge in [-0.1, -0.05) is 12.5 Å². The predicted octanol–water partition coefficient (Wildman–Crippen LogP) is 2.59. The lowest BCUT2D eigenvalue weighted by atomic mass is 10.00. The Balaban J connectivity index is 1.37. The van der Waals surface area contributed by atoms with E-state index >= 15 is 0 Å². The number of nitrogens with one attached hydrogen (secondary N) is 2. The highest BCUT2D eigenvalue weighted by atomic mass is 16.5. The molecule has 0 aliphatic carbocycles. The van der Waals surface area contributed by atoms with E-state index in [0.29, 0.717) is 24.8 Å². The summed E-state index contributed by atoms with van der Waals surface area (Å²) in [6.07, 6.45) is 7.20. The first-order chi connectivity index (χ1) is 17.6. The molecule has 4 N–H and O–H groups in total. The number of piperazine rings is 1. The number of rotatable bonds is 8. The normalized spacial score (nSPS) is 18.7. The number of nitrogens with two attached hydrogens (primary N) is 1. The summed E-state index contributed by atoms with van der Waals surface area (Å²) in [5.74, 6) is 1.03. The third-order valence-corrected chi connectivity index (χ3v) is 7.65. The Bertz CT molecular complexity index is 1060. The number of nitrogens with zero attached hydrogens (tertiary/aromatic N) is 5. The number of benzene rings is 1. The summed E-state index contributed by atoms with van der Waals surface area (Å²) in [6.45, 7) is 11.5. The number of likely N-dealkylation sites (tertiary alicyclic amines) is 1. The van der Waals surface area contributed by atoms with Crippen LogP contribution in [0.15, 0.2) is 12.1 Å². The van der Waals surface area contributed by atoms with Gasteiger partial charge < -0.3 is 35.9 Å². The predicted molar refractivity (Wildman–Crippen MR) is 146 cm³/mol. The Morgan fingerprint density at radius 3 is 2.64 bits per heavy atom. The van der Waals surface area contributed by atoms with Crippen molar-refractivity contribution in [2.75, 3.05) is 74.5 Å². The van der Waals surface area contributed by atoms with Crippen LogP contribution in [0.3, 0.4) is 0 Å². The molecule has 9 heteroatoms. The topological polar surface area (TPSA) is 107 Å². The highest BCUT2D eigenvalue weighted by Crippen LogP contribution is 2.35. The Morgan fingerprint density at radius 2 is 1.86 bits per heavy atom. The van der Waals surface area contributed by atoms with Gasteiger partial charge in [-0.25, -0.2) is 0 Å². The molecule has 36 heavy (non-hydrogen) atoms. The van der Waals surface area contributed by atoms with Gasteiger partial charge in [0.1, 0.15) is 5.82 Å². The minimum atomic E-state index is 0.486. The maximum atomic E-state index is 7.96. The molecule has 0 saturated carbocycles. The lowest BCUT2D eigenvalue weighted by molar-refractivity contribution is 0.200. The van der Waals surface area contributed by atoms with Gasteiger partial charge in [-0.3, -0.25) is 0 Å². The van der Waals surface area contributed by atoms with Crippen LogP contribution in [0.2, 0.25) is 0 Å². The van der Waals surface area contributed by atoms with Crippen LogP contribution in [0.1, 0.15) is 48.1 Å². The molecule has 1 aromatic heterocycles. The van der Waals surface area contributed by atoms with E-state index in [2.05, 4.69) is 26.9 Å². The second-order valence-electron chi connectivity index (χ2n) is 10.1. The fourth-order valence-electron chi connectivity index (χ4n) is 5.72. The van der Waals surface area contributed by atoms with Gasteiger partial charge in [-0.05, 0) is 57.3 Å². The summed E-state index contributed by atoms with van der Waals surface area (Å²) in [4.78, 5) is 17.1. The Hall–Kier alpha value is -2.91. The molecule has 0 atom stereocenters. The number of anilines is 3. The number of piperidine rings is 1. The van der Waals surface area contributed by atoms with Crippen molar-refractivity contribution in [1.29, 1.82) is 5.41 Å². The Morgan fingerprint density at radius 1 is 1.06 bits per heavy atom. The van der Waals surface area contributed by atoms with E-state index in [1.807, 2.05) is 12.1 Å². The van der Waals surface area contributed by atoms with Crippen molar-refractivity contribution in [3.63, 3.8) is 0 Å². The molecule has 0 amide bonds. The van der Waals surface area contributed by atoms with Crippen molar-refractivity contribution in [2.45, 2.75) is 45.6 Å².